The van der Waals surface area contributed by atoms with E-state index >= 15 is 0 Å². The predicted molar refractivity (Wildman–Crippen MR) is 77.9 cm³/mol. The highest BCUT2D eigenvalue weighted by Gasteiger charge is 2.08. The molecule has 0 unspecified atom stereocenters. The van der Waals surface area contributed by atoms with E-state index in [1.807, 2.05) is 41.8 Å². The second-order valence-corrected chi connectivity index (χ2v) is 6.41. The van der Waals surface area contributed by atoms with Crippen molar-refractivity contribution in [2.45, 2.75) is 11.3 Å². The number of hydrogen-bond acceptors (Lipinski definition) is 3. The van der Waals surface area contributed by atoms with Gasteiger partial charge in [-0.05, 0) is 39.5 Å². The lowest BCUT2D eigenvalue weighted by Gasteiger charge is -2.00. The van der Waals surface area contributed by atoms with Gasteiger partial charge >= 0.3 is 0 Å². The number of carbonyl (C=O) groups excluding carboxylic acids is 1. The Hall–Kier alpha value is -0.580. The number of thiophene rings is 1. The molecule has 1 heterocycles. The fraction of sp³-hybridized carbons (Fsp3) is 0.154. The summed E-state index contributed by atoms with van der Waals surface area (Å²) < 4.78 is 1.04. The Morgan fingerprint density at radius 2 is 2.00 bits per heavy atom. The molecule has 0 radical (unpaired) electrons. The normalized spacial score (nSPS) is 10.4. The first-order valence-corrected chi connectivity index (χ1v) is 7.83. The predicted octanol–water partition coefficient (Wildman–Crippen LogP) is 4.41. The largest absolute Gasteiger partial charge is 0.298 e. The highest BCUT2D eigenvalue weighted by Crippen LogP contribution is 2.24. The molecule has 0 aliphatic carbocycles. The van der Waals surface area contributed by atoms with Gasteiger partial charge in [0.1, 0.15) is 5.78 Å². The molecule has 0 N–H and O–H groups in total. The fourth-order valence-electron chi connectivity index (χ4n) is 1.36. The van der Waals surface area contributed by atoms with E-state index in [0.29, 0.717) is 12.2 Å². The molecule has 0 saturated heterocycles. The number of hydrogen-bond donors (Lipinski definition) is 0. The number of Topliss-reactive ketones (excluding diaryl/α,β-unsaturated/α-hetero) is 1. The highest BCUT2D eigenvalue weighted by atomic mass is 79.9. The summed E-state index contributed by atoms with van der Waals surface area (Å²) >= 11 is 6.66. The van der Waals surface area contributed by atoms with Gasteiger partial charge in [-0.15, -0.1) is 23.1 Å². The molecule has 4 heteroatoms. The first-order chi connectivity index (χ1) is 8.25. The van der Waals surface area contributed by atoms with E-state index < -0.39 is 0 Å². The van der Waals surface area contributed by atoms with E-state index in [-0.39, 0.29) is 5.78 Å². The second kappa shape index (κ2) is 6.38. The number of benzene rings is 1. The maximum Gasteiger partial charge on any atom is 0.148 e. The van der Waals surface area contributed by atoms with Gasteiger partial charge in [-0.2, -0.15) is 0 Å². The maximum atomic E-state index is 11.8. The van der Waals surface area contributed by atoms with Gasteiger partial charge in [0.15, 0.2) is 0 Å². The molecule has 0 fully saturated rings. The smallest absolute Gasteiger partial charge is 0.148 e. The standard InChI is InChI=1S/C13H11BrOS2/c14-12-6-7-16-13(12)8-10(15)9-17-11-4-2-1-3-5-11/h1-7H,8-9H2. The summed E-state index contributed by atoms with van der Waals surface area (Å²) in [5.74, 6) is 0.802. The van der Waals surface area contributed by atoms with Crippen LogP contribution in [0.1, 0.15) is 4.88 Å². The molecule has 2 aromatic rings. The van der Waals surface area contributed by atoms with Crippen molar-refractivity contribution in [2.75, 3.05) is 5.75 Å². The molecule has 1 aromatic carbocycles. The Kier molecular flexibility index (Phi) is 4.83. The monoisotopic (exact) mass is 326 g/mol. The van der Waals surface area contributed by atoms with Crippen LogP contribution in [0, 0.1) is 0 Å². The van der Waals surface area contributed by atoms with Gasteiger partial charge in [-0.25, -0.2) is 0 Å². The van der Waals surface area contributed by atoms with Crippen LogP contribution in [-0.2, 0) is 11.2 Å². The lowest BCUT2D eigenvalue weighted by atomic mass is 10.3. The maximum absolute atomic E-state index is 11.8. The van der Waals surface area contributed by atoms with E-state index in [4.69, 9.17) is 0 Å². The third-order valence-corrected chi connectivity index (χ3v) is 5.19. The van der Waals surface area contributed by atoms with E-state index in [1.54, 1.807) is 23.1 Å². The average molecular weight is 327 g/mol. The Morgan fingerprint density at radius 1 is 1.24 bits per heavy atom. The van der Waals surface area contributed by atoms with Crippen LogP contribution in [0.2, 0.25) is 0 Å². The summed E-state index contributed by atoms with van der Waals surface area (Å²) in [5, 5.41) is 2.00. The van der Waals surface area contributed by atoms with Gasteiger partial charge < -0.3 is 0 Å². The molecular formula is C13H11BrOS2. The quantitative estimate of drug-likeness (QED) is 0.757. The SMILES string of the molecule is O=C(CSc1ccccc1)Cc1sccc1Br. The Bertz CT molecular complexity index is 493. The molecule has 0 saturated carbocycles. The molecule has 0 spiro atoms. The van der Waals surface area contributed by atoms with Crippen molar-refractivity contribution in [1.29, 1.82) is 0 Å². The molecule has 17 heavy (non-hydrogen) atoms. The number of thioether (sulfide) groups is 1. The summed E-state index contributed by atoms with van der Waals surface area (Å²) in [7, 11) is 0. The van der Waals surface area contributed by atoms with Crippen LogP contribution in [0.3, 0.4) is 0 Å². The number of carbonyl (C=O) groups is 1. The molecular weight excluding hydrogens is 316 g/mol. The van der Waals surface area contributed by atoms with Crippen molar-refractivity contribution in [2.24, 2.45) is 0 Å². The summed E-state index contributed by atoms with van der Waals surface area (Å²) in [6.07, 6.45) is 0.526. The van der Waals surface area contributed by atoms with Gasteiger partial charge in [-0.3, -0.25) is 4.79 Å². The zero-order chi connectivity index (χ0) is 12.1. The topological polar surface area (TPSA) is 17.1 Å². The molecule has 1 nitrogen and oxygen atoms in total. The molecule has 0 amide bonds. The summed E-state index contributed by atoms with van der Waals surface area (Å²) in [5.41, 5.74) is 0. The van der Waals surface area contributed by atoms with Crippen molar-refractivity contribution >= 4 is 44.8 Å². The van der Waals surface area contributed by atoms with Crippen molar-refractivity contribution < 1.29 is 4.79 Å². The average Bonchev–Trinajstić information content (AvgIpc) is 2.74. The van der Waals surface area contributed by atoms with Crippen LogP contribution in [0.15, 0.2) is 51.1 Å². The molecule has 0 aliphatic rings. The van der Waals surface area contributed by atoms with Crippen LogP contribution in [0.25, 0.3) is 0 Å². The lowest BCUT2D eigenvalue weighted by molar-refractivity contribution is -0.115. The third kappa shape index (κ3) is 3.98. The molecule has 88 valence electrons. The van der Waals surface area contributed by atoms with E-state index in [0.717, 1.165) is 14.2 Å². The van der Waals surface area contributed by atoms with Crippen LogP contribution in [-0.4, -0.2) is 11.5 Å². The zero-order valence-corrected chi connectivity index (χ0v) is 12.3. The minimum Gasteiger partial charge on any atom is -0.298 e. The molecule has 0 atom stereocenters. The first-order valence-electron chi connectivity index (χ1n) is 5.17. The van der Waals surface area contributed by atoms with Gasteiger partial charge in [0, 0.05) is 20.7 Å². The van der Waals surface area contributed by atoms with E-state index in [1.165, 1.54) is 0 Å². The second-order valence-electron chi connectivity index (χ2n) is 3.51. The Morgan fingerprint density at radius 3 is 2.65 bits per heavy atom. The van der Waals surface area contributed by atoms with Gasteiger partial charge in [-0.1, -0.05) is 18.2 Å². The van der Waals surface area contributed by atoms with E-state index in [2.05, 4.69) is 15.9 Å². The lowest BCUT2D eigenvalue weighted by Crippen LogP contribution is -2.04. The van der Waals surface area contributed by atoms with E-state index in [9.17, 15) is 4.79 Å². The summed E-state index contributed by atoms with van der Waals surface area (Å²) in [6, 6.07) is 12.0. The van der Waals surface area contributed by atoms with Crippen molar-refractivity contribution in [1.82, 2.24) is 0 Å². The Balaban J connectivity index is 1.85. The van der Waals surface area contributed by atoms with Crippen LogP contribution < -0.4 is 0 Å². The number of halogens is 1. The third-order valence-electron chi connectivity index (χ3n) is 2.19. The number of ketones is 1. The fourth-order valence-corrected chi connectivity index (χ4v) is 3.66. The van der Waals surface area contributed by atoms with Crippen molar-refractivity contribution in [3.8, 4) is 0 Å². The van der Waals surface area contributed by atoms with Crippen LogP contribution in [0.5, 0.6) is 0 Å². The first kappa shape index (κ1) is 12.9. The number of rotatable bonds is 5. The van der Waals surface area contributed by atoms with Crippen molar-refractivity contribution in [3.63, 3.8) is 0 Å². The Labute approximate surface area is 117 Å². The summed E-state index contributed by atoms with van der Waals surface area (Å²) in [6.45, 7) is 0. The minimum absolute atomic E-state index is 0.266. The van der Waals surface area contributed by atoms with Crippen molar-refractivity contribution in [3.05, 3.63) is 51.1 Å². The molecule has 0 aliphatic heterocycles. The summed E-state index contributed by atoms with van der Waals surface area (Å²) in [4.78, 5) is 14.1. The minimum atomic E-state index is 0.266. The molecule has 1 aromatic heterocycles. The van der Waals surface area contributed by atoms with Gasteiger partial charge in [0.05, 0.1) is 5.75 Å². The molecule has 2 rings (SSSR count). The van der Waals surface area contributed by atoms with Gasteiger partial charge in [0.25, 0.3) is 0 Å². The van der Waals surface area contributed by atoms with Crippen LogP contribution >= 0.6 is 39.0 Å². The van der Waals surface area contributed by atoms with Gasteiger partial charge in [0.2, 0.25) is 0 Å². The molecule has 0 bridgehead atoms. The zero-order valence-electron chi connectivity index (χ0n) is 9.06. The highest BCUT2D eigenvalue weighted by molar-refractivity contribution is 9.10. The van der Waals surface area contributed by atoms with Crippen LogP contribution in [0.4, 0.5) is 0 Å².